The Kier molecular flexibility index (Phi) is 4.63. The molecule has 1 aromatic rings. The third-order valence-corrected chi connectivity index (χ3v) is 2.56. The minimum Gasteiger partial charge on any atom is -0.469 e. The largest absolute Gasteiger partial charge is 0.469 e. The summed E-state index contributed by atoms with van der Waals surface area (Å²) in [6, 6.07) is 3.81. The van der Waals surface area contributed by atoms with Crippen LogP contribution in [0.3, 0.4) is 0 Å². The number of rotatable bonds is 4. The smallest absolute Gasteiger partial charge is 0.308 e. The van der Waals surface area contributed by atoms with E-state index in [4.69, 9.17) is 11.6 Å². The van der Waals surface area contributed by atoms with Gasteiger partial charge in [-0.1, -0.05) is 18.5 Å². The number of hydrogen-bond donors (Lipinski definition) is 0. The predicted octanol–water partition coefficient (Wildman–Crippen LogP) is 2.86. The molecule has 0 spiro atoms. The van der Waals surface area contributed by atoms with E-state index in [2.05, 4.69) is 4.74 Å². The van der Waals surface area contributed by atoms with Crippen molar-refractivity contribution in [3.8, 4) is 0 Å². The van der Waals surface area contributed by atoms with Crippen molar-refractivity contribution in [1.29, 1.82) is 0 Å². The van der Waals surface area contributed by atoms with Crippen molar-refractivity contribution in [2.24, 2.45) is 5.92 Å². The third-order valence-electron chi connectivity index (χ3n) is 2.33. The molecule has 0 saturated heterocycles. The number of esters is 1. The molecule has 0 N–H and O–H groups in total. The van der Waals surface area contributed by atoms with Crippen LogP contribution in [0.25, 0.3) is 0 Å². The number of Topliss-reactive ketones (excluding diaryl/α,β-unsaturated/α-hetero) is 1. The average molecular weight is 259 g/mol. The second-order valence-electron chi connectivity index (χ2n) is 3.68. The summed E-state index contributed by atoms with van der Waals surface area (Å²) < 4.78 is 17.9. The van der Waals surface area contributed by atoms with Crippen molar-refractivity contribution in [2.45, 2.75) is 13.3 Å². The topological polar surface area (TPSA) is 43.4 Å². The number of carbonyl (C=O) groups excluding carboxylic acids is 2. The molecule has 1 atom stereocenters. The zero-order chi connectivity index (χ0) is 13.0. The number of hydrogen-bond acceptors (Lipinski definition) is 3. The van der Waals surface area contributed by atoms with Gasteiger partial charge in [0.1, 0.15) is 5.82 Å². The quantitative estimate of drug-likeness (QED) is 0.616. The summed E-state index contributed by atoms with van der Waals surface area (Å²) in [5.41, 5.74) is -0.0647. The van der Waals surface area contributed by atoms with Gasteiger partial charge in [0.15, 0.2) is 5.78 Å². The Bertz CT molecular complexity index is 445. The van der Waals surface area contributed by atoms with Gasteiger partial charge in [-0.3, -0.25) is 9.59 Å². The van der Waals surface area contributed by atoms with Crippen molar-refractivity contribution >= 4 is 23.4 Å². The summed E-state index contributed by atoms with van der Waals surface area (Å²) in [6.45, 7) is 1.55. The van der Waals surface area contributed by atoms with Gasteiger partial charge in [-0.2, -0.15) is 0 Å². The molecule has 0 aromatic heterocycles. The monoisotopic (exact) mass is 258 g/mol. The maximum atomic E-state index is 13.4. The molecule has 0 fully saturated rings. The standard InChI is InChI=1S/C12H12ClFO3/c1-7(12(16)17-2)5-11(15)9-4-3-8(13)6-10(9)14/h3-4,6-7H,5H2,1-2H3. The Balaban J connectivity index is 2.80. The Morgan fingerprint density at radius 1 is 1.47 bits per heavy atom. The molecule has 0 heterocycles. The van der Waals surface area contributed by atoms with Crippen molar-refractivity contribution < 1.29 is 18.7 Å². The Morgan fingerprint density at radius 3 is 2.65 bits per heavy atom. The van der Waals surface area contributed by atoms with E-state index in [1.54, 1.807) is 6.92 Å². The number of benzene rings is 1. The van der Waals surface area contributed by atoms with Gasteiger partial charge in [0.25, 0.3) is 0 Å². The molecule has 92 valence electrons. The van der Waals surface area contributed by atoms with Gasteiger partial charge in [0, 0.05) is 11.4 Å². The van der Waals surface area contributed by atoms with Crippen LogP contribution in [-0.4, -0.2) is 18.9 Å². The Morgan fingerprint density at radius 2 is 2.12 bits per heavy atom. The molecule has 0 saturated carbocycles. The lowest BCUT2D eigenvalue weighted by molar-refractivity contribution is -0.144. The van der Waals surface area contributed by atoms with E-state index in [1.165, 1.54) is 19.2 Å². The Labute approximate surface area is 104 Å². The summed E-state index contributed by atoms with van der Waals surface area (Å²) in [7, 11) is 1.24. The first-order valence-corrected chi connectivity index (χ1v) is 5.39. The maximum Gasteiger partial charge on any atom is 0.308 e. The molecule has 0 aliphatic carbocycles. The van der Waals surface area contributed by atoms with Gasteiger partial charge in [-0.05, 0) is 18.2 Å². The summed E-state index contributed by atoms with van der Waals surface area (Å²) in [5.74, 6) is -2.22. The number of carbonyl (C=O) groups is 2. The molecule has 5 heteroatoms. The number of ketones is 1. The number of methoxy groups -OCH3 is 1. The van der Waals surface area contributed by atoms with Crippen LogP contribution in [0.2, 0.25) is 5.02 Å². The second kappa shape index (κ2) is 5.77. The van der Waals surface area contributed by atoms with Gasteiger partial charge in [0.05, 0.1) is 18.6 Å². The zero-order valence-corrected chi connectivity index (χ0v) is 10.3. The average Bonchev–Trinajstić information content (AvgIpc) is 2.27. The van der Waals surface area contributed by atoms with E-state index in [9.17, 15) is 14.0 Å². The molecule has 1 aromatic carbocycles. The fraction of sp³-hybridized carbons (Fsp3) is 0.333. The molecule has 1 rings (SSSR count). The Hall–Kier alpha value is -1.42. The van der Waals surface area contributed by atoms with E-state index in [0.717, 1.165) is 6.07 Å². The van der Waals surface area contributed by atoms with Crippen LogP contribution in [0.15, 0.2) is 18.2 Å². The van der Waals surface area contributed by atoms with E-state index in [-0.39, 0.29) is 17.0 Å². The highest BCUT2D eigenvalue weighted by molar-refractivity contribution is 6.30. The predicted molar refractivity (Wildman–Crippen MR) is 61.5 cm³/mol. The molecule has 1 unspecified atom stereocenters. The van der Waals surface area contributed by atoms with Crippen molar-refractivity contribution in [1.82, 2.24) is 0 Å². The lowest BCUT2D eigenvalue weighted by Crippen LogP contribution is -2.17. The molecule has 17 heavy (non-hydrogen) atoms. The highest BCUT2D eigenvalue weighted by Crippen LogP contribution is 2.18. The highest BCUT2D eigenvalue weighted by atomic mass is 35.5. The van der Waals surface area contributed by atoms with Gasteiger partial charge in [-0.25, -0.2) is 4.39 Å². The van der Waals surface area contributed by atoms with Crippen molar-refractivity contribution in [3.63, 3.8) is 0 Å². The van der Waals surface area contributed by atoms with Crippen LogP contribution in [0.4, 0.5) is 4.39 Å². The maximum absolute atomic E-state index is 13.4. The molecule has 0 bridgehead atoms. The minimum atomic E-state index is -0.681. The first-order valence-electron chi connectivity index (χ1n) is 5.01. The molecule has 0 aliphatic rings. The third kappa shape index (κ3) is 3.53. The van der Waals surface area contributed by atoms with Crippen molar-refractivity contribution in [2.75, 3.05) is 7.11 Å². The van der Waals surface area contributed by atoms with Gasteiger partial charge in [0.2, 0.25) is 0 Å². The summed E-state index contributed by atoms with van der Waals surface area (Å²) in [6.07, 6.45) is -0.0920. The lowest BCUT2D eigenvalue weighted by Gasteiger charge is -2.08. The minimum absolute atomic E-state index is 0.0647. The SMILES string of the molecule is COC(=O)C(C)CC(=O)c1ccc(Cl)cc1F. The molecule has 0 amide bonds. The van der Waals surface area contributed by atoms with Crippen molar-refractivity contribution in [3.05, 3.63) is 34.6 Å². The van der Waals surface area contributed by atoms with E-state index >= 15 is 0 Å². The summed E-state index contributed by atoms with van der Waals surface area (Å²) in [5, 5.41) is 0.222. The number of ether oxygens (including phenoxy) is 1. The first-order chi connectivity index (χ1) is 7.95. The zero-order valence-electron chi connectivity index (χ0n) is 9.50. The molecular formula is C12H12ClFO3. The van der Waals surface area contributed by atoms with E-state index in [1.807, 2.05) is 0 Å². The van der Waals surface area contributed by atoms with E-state index in [0.29, 0.717) is 0 Å². The molecule has 3 nitrogen and oxygen atoms in total. The molecule has 0 aliphatic heterocycles. The summed E-state index contributed by atoms with van der Waals surface area (Å²) in [4.78, 5) is 22.8. The second-order valence-corrected chi connectivity index (χ2v) is 4.11. The fourth-order valence-corrected chi connectivity index (χ4v) is 1.55. The lowest BCUT2D eigenvalue weighted by atomic mass is 9.99. The van der Waals surface area contributed by atoms with Gasteiger partial charge < -0.3 is 4.74 Å². The molecule has 0 radical (unpaired) electrons. The van der Waals surface area contributed by atoms with Crippen LogP contribution in [0, 0.1) is 11.7 Å². The van der Waals surface area contributed by atoms with Crippen LogP contribution >= 0.6 is 11.6 Å². The van der Waals surface area contributed by atoms with Crippen LogP contribution in [0.5, 0.6) is 0 Å². The fourth-order valence-electron chi connectivity index (χ4n) is 1.39. The van der Waals surface area contributed by atoms with Crippen LogP contribution in [0.1, 0.15) is 23.7 Å². The first kappa shape index (κ1) is 13.6. The highest BCUT2D eigenvalue weighted by Gasteiger charge is 2.20. The van der Waals surface area contributed by atoms with Crippen LogP contribution < -0.4 is 0 Å². The van der Waals surface area contributed by atoms with Gasteiger partial charge in [-0.15, -0.1) is 0 Å². The summed E-state index contributed by atoms with van der Waals surface area (Å²) >= 11 is 5.57. The van der Waals surface area contributed by atoms with Crippen LogP contribution in [-0.2, 0) is 9.53 Å². The normalized spacial score (nSPS) is 12.0. The molecular weight excluding hydrogens is 247 g/mol. The van der Waals surface area contributed by atoms with Gasteiger partial charge >= 0.3 is 5.97 Å². The number of halogens is 2. The van der Waals surface area contributed by atoms with E-state index < -0.39 is 23.5 Å².